The third-order valence-electron chi connectivity index (χ3n) is 4.22. The van der Waals surface area contributed by atoms with Crippen LogP contribution in [0.1, 0.15) is 5.56 Å². The van der Waals surface area contributed by atoms with Gasteiger partial charge in [-0.1, -0.05) is 30.3 Å². The number of aromatic hydroxyl groups is 3. The summed E-state index contributed by atoms with van der Waals surface area (Å²) in [6.45, 7) is 0. The maximum absolute atomic E-state index is 9.88. The largest absolute Gasteiger partial charge is 0.508 e. The van der Waals surface area contributed by atoms with Crippen molar-refractivity contribution in [3.05, 3.63) is 88.5 Å². The standard InChI is InChI=1S/C22H17N3O3S/c26-18-8-4-5-15(11-18)20-14-29-22(25(20)17-6-2-1-3-7-17)24-23-13-16-9-10-19(27)12-21(16)28/h1-14,26-28H/b23-13+,24-22+. The molecular formula is C22H17N3O3S. The van der Waals surface area contributed by atoms with E-state index in [0.29, 0.717) is 10.4 Å². The van der Waals surface area contributed by atoms with Gasteiger partial charge in [0.1, 0.15) is 17.2 Å². The van der Waals surface area contributed by atoms with Crippen molar-refractivity contribution in [2.45, 2.75) is 0 Å². The molecule has 6 nitrogen and oxygen atoms in total. The van der Waals surface area contributed by atoms with Gasteiger partial charge >= 0.3 is 0 Å². The Morgan fingerprint density at radius 1 is 0.828 bits per heavy atom. The number of nitrogens with zero attached hydrogens (tertiary/aromatic N) is 3. The van der Waals surface area contributed by atoms with Crippen LogP contribution in [0.2, 0.25) is 0 Å². The monoisotopic (exact) mass is 403 g/mol. The first kappa shape index (κ1) is 18.5. The first-order valence-electron chi connectivity index (χ1n) is 8.76. The average molecular weight is 403 g/mol. The summed E-state index contributed by atoms with van der Waals surface area (Å²) in [4.78, 5) is 0.629. The summed E-state index contributed by atoms with van der Waals surface area (Å²) in [6.07, 6.45) is 1.43. The van der Waals surface area contributed by atoms with E-state index in [-0.39, 0.29) is 17.2 Å². The van der Waals surface area contributed by atoms with Crippen molar-refractivity contribution in [3.8, 4) is 34.2 Å². The molecule has 0 unspecified atom stereocenters. The van der Waals surface area contributed by atoms with Crippen LogP contribution in [-0.2, 0) is 0 Å². The lowest BCUT2D eigenvalue weighted by Crippen LogP contribution is -2.13. The third kappa shape index (κ3) is 4.04. The fraction of sp³-hybridized carbons (Fsp3) is 0. The second-order valence-corrected chi connectivity index (χ2v) is 7.05. The maximum atomic E-state index is 9.88. The maximum Gasteiger partial charge on any atom is 0.215 e. The molecule has 0 saturated heterocycles. The van der Waals surface area contributed by atoms with Crippen LogP contribution in [0.3, 0.4) is 0 Å². The molecule has 29 heavy (non-hydrogen) atoms. The number of phenolic OH excluding ortho intramolecular Hbond substituents is 3. The van der Waals surface area contributed by atoms with E-state index >= 15 is 0 Å². The molecule has 0 saturated carbocycles. The van der Waals surface area contributed by atoms with Gasteiger partial charge in [0, 0.05) is 28.3 Å². The number of benzene rings is 3. The summed E-state index contributed by atoms with van der Waals surface area (Å²) in [7, 11) is 0. The van der Waals surface area contributed by atoms with Crippen LogP contribution in [0, 0.1) is 0 Å². The molecule has 0 aliphatic carbocycles. The Bertz CT molecular complexity index is 1240. The van der Waals surface area contributed by atoms with E-state index in [1.807, 2.05) is 46.3 Å². The van der Waals surface area contributed by atoms with Gasteiger partial charge in [0.15, 0.2) is 0 Å². The zero-order valence-corrected chi connectivity index (χ0v) is 16.0. The summed E-state index contributed by atoms with van der Waals surface area (Å²) in [5.41, 5.74) is 3.08. The highest BCUT2D eigenvalue weighted by atomic mass is 32.1. The van der Waals surface area contributed by atoms with Crippen molar-refractivity contribution in [1.82, 2.24) is 4.57 Å². The molecule has 3 aromatic carbocycles. The highest BCUT2D eigenvalue weighted by Crippen LogP contribution is 2.26. The number of para-hydroxylation sites is 1. The minimum atomic E-state index is -0.0773. The van der Waals surface area contributed by atoms with E-state index in [1.165, 1.54) is 29.7 Å². The van der Waals surface area contributed by atoms with Crippen LogP contribution in [-0.4, -0.2) is 26.1 Å². The van der Waals surface area contributed by atoms with E-state index in [0.717, 1.165) is 16.9 Å². The smallest absolute Gasteiger partial charge is 0.215 e. The molecule has 1 aromatic heterocycles. The zero-order chi connectivity index (χ0) is 20.2. The molecule has 0 aliphatic rings. The number of thiazole rings is 1. The quantitative estimate of drug-likeness (QED) is 0.351. The minimum absolute atomic E-state index is 0.0208. The van der Waals surface area contributed by atoms with Crippen LogP contribution >= 0.6 is 11.3 Å². The van der Waals surface area contributed by atoms with E-state index in [1.54, 1.807) is 24.3 Å². The topological polar surface area (TPSA) is 90.3 Å². The Balaban J connectivity index is 1.81. The summed E-state index contributed by atoms with van der Waals surface area (Å²) < 4.78 is 1.95. The SMILES string of the molecule is Oc1cccc(-c2cs/c(=N/N=C/c3ccc(O)cc3O)n2-c2ccccc2)c1. The van der Waals surface area contributed by atoms with Gasteiger partial charge in [-0.25, -0.2) is 0 Å². The number of hydrogen-bond donors (Lipinski definition) is 3. The third-order valence-corrected chi connectivity index (χ3v) is 5.03. The predicted octanol–water partition coefficient (Wildman–Crippen LogP) is 4.26. The summed E-state index contributed by atoms with van der Waals surface area (Å²) in [5.74, 6) is 0.0895. The van der Waals surface area contributed by atoms with Crippen molar-refractivity contribution >= 4 is 17.6 Å². The first-order valence-corrected chi connectivity index (χ1v) is 9.64. The molecule has 1 heterocycles. The summed E-state index contributed by atoms with van der Waals surface area (Å²) in [6, 6.07) is 21.1. The van der Waals surface area contributed by atoms with Gasteiger partial charge in [0.25, 0.3) is 0 Å². The van der Waals surface area contributed by atoms with Crippen LogP contribution in [0.25, 0.3) is 16.9 Å². The fourth-order valence-corrected chi connectivity index (χ4v) is 3.72. The molecular weight excluding hydrogens is 386 g/mol. The van der Waals surface area contributed by atoms with Gasteiger partial charge < -0.3 is 15.3 Å². The van der Waals surface area contributed by atoms with Crippen LogP contribution < -0.4 is 4.80 Å². The minimum Gasteiger partial charge on any atom is -0.508 e. The van der Waals surface area contributed by atoms with E-state index in [4.69, 9.17) is 0 Å². The average Bonchev–Trinajstić information content (AvgIpc) is 3.14. The molecule has 0 bridgehead atoms. The van der Waals surface area contributed by atoms with Gasteiger partial charge in [0.05, 0.1) is 11.9 Å². The van der Waals surface area contributed by atoms with Crippen molar-refractivity contribution < 1.29 is 15.3 Å². The number of aromatic nitrogens is 1. The zero-order valence-electron chi connectivity index (χ0n) is 15.2. The molecule has 4 aromatic rings. The molecule has 4 rings (SSSR count). The van der Waals surface area contributed by atoms with E-state index < -0.39 is 0 Å². The summed E-state index contributed by atoms with van der Waals surface area (Å²) in [5, 5.41) is 39.5. The highest BCUT2D eigenvalue weighted by Gasteiger charge is 2.10. The van der Waals surface area contributed by atoms with Crippen molar-refractivity contribution in [1.29, 1.82) is 0 Å². The van der Waals surface area contributed by atoms with Gasteiger partial charge in [-0.15, -0.1) is 16.4 Å². The lowest BCUT2D eigenvalue weighted by molar-refractivity contribution is 0.450. The molecule has 0 aliphatic heterocycles. The van der Waals surface area contributed by atoms with Crippen molar-refractivity contribution in [3.63, 3.8) is 0 Å². The molecule has 7 heteroatoms. The number of rotatable bonds is 4. The van der Waals surface area contributed by atoms with Crippen molar-refractivity contribution in [2.24, 2.45) is 10.2 Å². The second-order valence-electron chi connectivity index (χ2n) is 6.21. The Hall–Kier alpha value is -3.84. The van der Waals surface area contributed by atoms with Crippen LogP contribution in [0.4, 0.5) is 0 Å². The fourth-order valence-electron chi connectivity index (χ4n) is 2.86. The summed E-state index contributed by atoms with van der Waals surface area (Å²) >= 11 is 1.41. The molecule has 3 N–H and O–H groups in total. The first-order chi connectivity index (χ1) is 14.1. The Morgan fingerprint density at radius 3 is 2.38 bits per heavy atom. The molecule has 0 amide bonds. The molecule has 0 spiro atoms. The number of phenols is 3. The molecule has 144 valence electrons. The Morgan fingerprint density at radius 2 is 1.62 bits per heavy atom. The second kappa shape index (κ2) is 8.04. The van der Waals surface area contributed by atoms with Crippen LogP contribution in [0.15, 0.2) is 88.4 Å². The Kier molecular flexibility index (Phi) is 5.13. The van der Waals surface area contributed by atoms with Crippen molar-refractivity contribution in [2.75, 3.05) is 0 Å². The Labute approximate surface area is 170 Å². The highest BCUT2D eigenvalue weighted by molar-refractivity contribution is 7.07. The van der Waals surface area contributed by atoms with Gasteiger partial charge in [-0.2, -0.15) is 5.10 Å². The predicted molar refractivity (Wildman–Crippen MR) is 114 cm³/mol. The van der Waals surface area contributed by atoms with Gasteiger partial charge in [0.2, 0.25) is 4.80 Å². The van der Waals surface area contributed by atoms with E-state index in [9.17, 15) is 15.3 Å². The normalized spacial score (nSPS) is 11.9. The lowest BCUT2D eigenvalue weighted by Gasteiger charge is -2.09. The molecule has 0 radical (unpaired) electrons. The van der Waals surface area contributed by atoms with Gasteiger partial charge in [-0.05, 0) is 36.4 Å². The number of hydrogen-bond acceptors (Lipinski definition) is 6. The van der Waals surface area contributed by atoms with Crippen LogP contribution in [0.5, 0.6) is 17.2 Å². The molecule has 0 fully saturated rings. The van der Waals surface area contributed by atoms with Gasteiger partial charge in [-0.3, -0.25) is 4.57 Å². The van der Waals surface area contributed by atoms with E-state index in [2.05, 4.69) is 10.2 Å². The lowest BCUT2D eigenvalue weighted by atomic mass is 10.1. The molecule has 0 atom stereocenters.